The minimum Gasteiger partial charge on any atom is -0.335 e. The monoisotopic (exact) mass is 289 g/mol. The van der Waals surface area contributed by atoms with Crippen molar-refractivity contribution in [1.82, 2.24) is 9.88 Å². The Balaban J connectivity index is 2.13. The van der Waals surface area contributed by atoms with Crippen LogP contribution in [0.15, 0.2) is 24.5 Å². The van der Waals surface area contributed by atoms with Crippen LogP contribution in [0.5, 0.6) is 0 Å². The van der Waals surface area contributed by atoms with Crippen molar-refractivity contribution in [3.8, 4) is 0 Å². The molecular formula is C17H27N3O. The second-order valence-corrected chi connectivity index (χ2v) is 7.17. The fourth-order valence-electron chi connectivity index (χ4n) is 3.21. The number of carbonyl (C=O) groups is 1. The Morgan fingerprint density at radius 3 is 2.67 bits per heavy atom. The number of pyridine rings is 1. The SMILES string of the molecule is CC(C)(C)CC(CN)C(=O)N1CCCC1c1ccncc1. The van der Waals surface area contributed by atoms with Crippen LogP contribution in [-0.4, -0.2) is 28.9 Å². The van der Waals surface area contributed by atoms with Crippen molar-refractivity contribution in [2.75, 3.05) is 13.1 Å². The minimum atomic E-state index is -0.0764. The van der Waals surface area contributed by atoms with Crippen LogP contribution in [0.1, 0.15) is 51.6 Å². The highest BCUT2D eigenvalue weighted by molar-refractivity contribution is 5.80. The Kier molecular flexibility index (Phi) is 4.99. The lowest BCUT2D eigenvalue weighted by Crippen LogP contribution is -2.40. The van der Waals surface area contributed by atoms with E-state index in [2.05, 4.69) is 25.8 Å². The maximum atomic E-state index is 12.9. The van der Waals surface area contributed by atoms with Gasteiger partial charge in [0.25, 0.3) is 0 Å². The average Bonchev–Trinajstić information content (AvgIpc) is 2.93. The number of hydrogen-bond donors (Lipinski definition) is 1. The van der Waals surface area contributed by atoms with Crippen LogP contribution < -0.4 is 5.73 Å². The first-order valence-corrected chi connectivity index (χ1v) is 7.83. The molecule has 4 nitrogen and oxygen atoms in total. The Morgan fingerprint density at radius 2 is 2.10 bits per heavy atom. The van der Waals surface area contributed by atoms with Crippen LogP contribution in [0.3, 0.4) is 0 Å². The molecule has 0 aromatic carbocycles. The molecule has 0 aliphatic carbocycles. The van der Waals surface area contributed by atoms with E-state index in [-0.39, 0.29) is 23.3 Å². The molecule has 21 heavy (non-hydrogen) atoms. The van der Waals surface area contributed by atoms with Gasteiger partial charge in [-0.25, -0.2) is 0 Å². The molecule has 1 fully saturated rings. The van der Waals surface area contributed by atoms with Crippen molar-refractivity contribution in [3.05, 3.63) is 30.1 Å². The highest BCUT2D eigenvalue weighted by Gasteiger charge is 2.34. The molecule has 4 heteroatoms. The molecule has 2 heterocycles. The van der Waals surface area contributed by atoms with Gasteiger partial charge < -0.3 is 10.6 Å². The van der Waals surface area contributed by atoms with Crippen molar-refractivity contribution in [2.45, 2.75) is 46.1 Å². The molecule has 2 rings (SSSR count). The topological polar surface area (TPSA) is 59.2 Å². The Hall–Kier alpha value is -1.42. The number of nitrogens with zero attached hydrogens (tertiary/aromatic N) is 2. The molecule has 1 aliphatic heterocycles. The van der Waals surface area contributed by atoms with Crippen LogP contribution >= 0.6 is 0 Å². The zero-order valence-corrected chi connectivity index (χ0v) is 13.4. The fraction of sp³-hybridized carbons (Fsp3) is 0.647. The number of aromatic nitrogens is 1. The van der Waals surface area contributed by atoms with Gasteiger partial charge in [-0.1, -0.05) is 20.8 Å². The molecule has 1 amide bonds. The van der Waals surface area contributed by atoms with Gasteiger partial charge in [0.1, 0.15) is 0 Å². The maximum Gasteiger partial charge on any atom is 0.227 e. The minimum absolute atomic E-state index is 0.0764. The van der Waals surface area contributed by atoms with Crippen molar-refractivity contribution in [3.63, 3.8) is 0 Å². The quantitative estimate of drug-likeness (QED) is 0.927. The lowest BCUT2D eigenvalue weighted by molar-refractivity contribution is -0.137. The van der Waals surface area contributed by atoms with E-state index in [1.807, 2.05) is 17.0 Å². The molecule has 1 aliphatic rings. The first-order valence-electron chi connectivity index (χ1n) is 7.83. The van der Waals surface area contributed by atoms with E-state index in [1.54, 1.807) is 12.4 Å². The molecule has 0 bridgehead atoms. The van der Waals surface area contributed by atoms with Gasteiger partial charge in [0.15, 0.2) is 0 Å². The molecule has 2 unspecified atom stereocenters. The largest absolute Gasteiger partial charge is 0.335 e. The average molecular weight is 289 g/mol. The van der Waals surface area contributed by atoms with Gasteiger partial charge in [0, 0.05) is 25.5 Å². The summed E-state index contributed by atoms with van der Waals surface area (Å²) in [5.74, 6) is 0.138. The normalized spacial score (nSPS) is 20.6. The van der Waals surface area contributed by atoms with Crippen LogP contribution in [0, 0.1) is 11.3 Å². The lowest BCUT2D eigenvalue weighted by Gasteiger charge is -2.31. The zero-order chi connectivity index (χ0) is 15.5. The Bertz CT molecular complexity index is 467. The van der Waals surface area contributed by atoms with E-state index in [0.717, 1.165) is 25.8 Å². The summed E-state index contributed by atoms with van der Waals surface area (Å²) in [6.07, 6.45) is 6.52. The first-order chi connectivity index (χ1) is 9.92. The molecule has 116 valence electrons. The highest BCUT2D eigenvalue weighted by Crippen LogP contribution is 2.34. The predicted octanol–water partition coefficient (Wildman–Crippen LogP) is 2.76. The lowest BCUT2D eigenvalue weighted by atomic mass is 9.84. The predicted molar refractivity (Wildman–Crippen MR) is 84.5 cm³/mol. The van der Waals surface area contributed by atoms with E-state index in [0.29, 0.717) is 6.54 Å². The summed E-state index contributed by atoms with van der Waals surface area (Å²) >= 11 is 0. The van der Waals surface area contributed by atoms with Crippen molar-refractivity contribution in [1.29, 1.82) is 0 Å². The molecular weight excluding hydrogens is 262 g/mol. The van der Waals surface area contributed by atoms with Crippen molar-refractivity contribution in [2.24, 2.45) is 17.1 Å². The molecule has 0 spiro atoms. The van der Waals surface area contributed by atoms with E-state index in [1.165, 1.54) is 5.56 Å². The first kappa shape index (κ1) is 16.0. The molecule has 1 aromatic rings. The third-order valence-corrected chi connectivity index (χ3v) is 4.12. The summed E-state index contributed by atoms with van der Waals surface area (Å²) in [7, 11) is 0. The molecule has 2 N–H and O–H groups in total. The number of hydrogen-bond acceptors (Lipinski definition) is 3. The zero-order valence-electron chi connectivity index (χ0n) is 13.4. The molecule has 1 saturated heterocycles. The fourth-order valence-corrected chi connectivity index (χ4v) is 3.21. The van der Waals surface area contributed by atoms with Crippen LogP contribution in [-0.2, 0) is 4.79 Å². The standard InChI is InChI=1S/C17H27N3O/c1-17(2,3)11-14(12-18)16(21)20-10-4-5-15(20)13-6-8-19-9-7-13/h6-9,14-15H,4-5,10-12,18H2,1-3H3. The summed E-state index contributed by atoms with van der Waals surface area (Å²) in [6.45, 7) is 7.75. The van der Waals surface area contributed by atoms with E-state index < -0.39 is 0 Å². The van der Waals surface area contributed by atoms with Gasteiger partial charge in [0.2, 0.25) is 5.91 Å². The van der Waals surface area contributed by atoms with Crippen LogP contribution in [0.25, 0.3) is 0 Å². The van der Waals surface area contributed by atoms with Gasteiger partial charge in [-0.05, 0) is 42.4 Å². The number of likely N-dealkylation sites (tertiary alicyclic amines) is 1. The summed E-state index contributed by atoms with van der Waals surface area (Å²) in [5.41, 5.74) is 7.17. The smallest absolute Gasteiger partial charge is 0.227 e. The molecule has 1 aromatic heterocycles. The second kappa shape index (κ2) is 6.56. The maximum absolute atomic E-state index is 12.9. The summed E-state index contributed by atoms with van der Waals surface area (Å²) in [6, 6.07) is 4.21. The van der Waals surface area contributed by atoms with Gasteiger partial charge in [-0.2, -0.15) is 0 Å². The van der Waals surface area contributed by atoms with E-state index >= 15 is 0 Å². The summed E-state index contributed by atoms with van der Waals surface area (Å²) in [5, 5.41) is 0. The molecule has 0 saturated carbocycles. The van der Waals surface area contributed by atoms with Gasteiger partial charge in [-0.15, -0.1) is 0 Å². The molecule has 0 radical (unpaired) electrons. The van der Waals surface area contributed by atoms with E-state index in [9.17, 15) is 4.79 Å². The number of amides is 1. The number of carbonyl (C=O) groups excluding carboxylic acids is 1. The van der Waals surface area contributed by atoms with Gasteiger partial charge in [0.05, 0.1) is 12.0 Å². The van der Waals surface area contributed by atoms with Gasteiger partial charge in [-0.3, -0.25) is 9.78 Å². The van der Waals surface area contributed by atoms with E-state index in [4.69, 9.17) is 5.73 Å². The second-order valence-electron chi connectivity index (χ2n) is 7.17. The van der Waals surface area contributed by atoms with Crippen molar-refractivity contribution >= 4 is 5.91 Å². The van der Waals surface area contributed by atoms with Crippen LogP contribution in [0.2, 0.25) is 0 Å². The van der Waals surface area contributed by atoms with Crippen LogP contribution in [0.4, 0.5) is 0 Å². The highest BCUT2D eigenvalue weighted by atomic mass is 16.2. The van der Waals surface area contributed by atoms with Crippen molar-refractivity contribution < 1.29 is 4.79 Å². The Labute approximate surface area is 127 Å². The summed E-state index contributed by atoms with van der Waals surface area (Å²) in [4.78, 5) is 19.0. The summed E-state index contributed by atoms with van der Waals surface area (Å²) < 4.78 is 0. The molecule has 2 atom stereocenters. The third kappa shape index (κ3) is 4.03. The Morgan fingerprint density at radius 1 is 1.43 bits per heavy atom. The third-order valence-electron chi connectivity index (χ3n) is 4.12. The number of nitrogens with two attached hydrogens (primary N) is 1. The van der Waals surface area contributed by atoms with Gasteiger partial charge >= 0.3 is 0 Å². The number of rotatable bonds is 4.